The van der Waals surface area contributed by atoms with Gasteiger partial charge >= 0.3 is 0 Å². The zero-order chi connectivity index (χ0) is 12.8. The molecule has 0 aliphatic rings. The SMILES string of the molecule is CCN(CC(=O)NC)c1ccc(CN)c(C)c1. The van der Waals surface area contributed by atoms with E-state index in [9.17, 15) is 4.79 Å². The topological polar surface area (TPSA) is 58.4 Å². The van der Waals surface area contributed by atoms with Gasteiger partial charge in [0, 0.05) is 25.8 Å². The molecule has 17 heavy (non-hydrogen) atoms. The summed E-state index contributed by atoms with van der Waals surface area (Å²) < 4.78 is 0. The fourth-order valence-electron chi connectivity index (χ4n) is 1.74. The average Bonchev–Trinajstić information content (AvgIpc) is 2.35. The maximum Gasteiger partial charge on any atom is 0.239 e. The molecule has 0 aliphatic carbocycles. The van der Waals surface area contributed by atoms with Gasteiger partial charge in [0.1, 0.15) is 0 Å². The predicted molar refractivity (Wildman–Crippen MR) is 71.0 cm³/mol. The van der Waals surface area contributed by atoms with Crippen molar-refractivity contribution < 1.29 is 4.79 Å². The Morgan fingerprint density at radius 2 is 2.18 bits per heavy atom. The van der Waals surface area contributed by atoms with Gasteiger partial charge in [-0.15, -0.1) is 0 Å². The average molecular weight is 235 g/mol. The highest BCUT2D eigenvalue weighted by atomic mass is 16.1. The van der Waals surface area contributed by atoms with E-state index in [1.165, 1.54) is 5.56 Å². The Labute approximate surface area is 103 Å². The molecule has 4 nitrogen and oxygen atoms in total. The van der Waals surface area contributed by atoms with Gasteiger partial charge in [-0.1, -0.05) is 6.07 Å². The second-order valence-corrected chi connectivity index (χ2v) is 4.00. The number of nitrogens with zero attached hydrogens (tertiary/aromatic N) is 1. The van der Waals surface area contributed by atoms with Crippen LogP contribution in [0.2, 0.25) is 0 Å². The summed E-state index contributed by atoms with van der Waals surface area (Å²) in [6.45, 7) is 5.81. The molecule has 1 amide bonds. The van der Waals surface area contributed by atoms with Gasteiger partial charge in [-0.05, 0) is 37.1 Å². The molecular weight excluding hydrogens is 214 g/mol. The fourth-order valence-corrected chi connectivity index (χ4v) is 1.74. The molecule has 3 N–H and O–H groups in total. The Morgan fingerprint density at radius 1 is 1.47 bits per heavy atom. The maximum absolute atomic E-state index is 11.4. The van der Waals surface area contributed by atoms with Gasteiger partial charge in [-0.3, -0.25) is 4.79 Å². The first-order valence-corrected chi connectivity index (χ1v) is 5.87. The van der Waals surface area contributed by atoms with Gasteiger partial charge < -0.3 is 16.0 Å². The largest absolute Gasteiger partial charge is 0.362 e. The number of hydrogen-bond donors (Lipinski definition) is 2. The van der Waals surface area contributed by atoms with E-state index < -0.39 is 0 Å². The highest BCUT2D eigenvalue weighted by Gasteiger charge is 2.09. The molecule has 1 aromatic rings. The quantitative estimate of drug-likeness (QED) is 0.801. The molecule has 1 aromatic carbocycles. The summed E-state index contributed by atoms with van der Waals surface area (Å²) in [7, 11) is 1.65. The van der Waals surface area contributed by atoms with Crippen molar-refractivity contribution in [3.05, 3.63) is 29.3 Å². The second-order valence-electron chi connectivity index (χ2n) is 4.00. The summed E-state index contributed by atoms with van der Waals surface area (Å²) in [5, 5.41) is 2.64. The van der Waals surface area contributed by atoms with Gasteiger partial charge in [0.25, 0.3) is 0 Å². The van der Waals surface area contributed by atoms with Crippen LogP contribution in [-0.2, 0) is 11.3 Å². The van der Waals surface area contributed by atoms with Crippen molar-refractivity contribution in [3.63, 3.8) is 0 Å². The zero-order valence-electron chi connectivity index (χ0n) is 10.8. The van der Waals surface area contributed by atoms with Crippen molar-refractivity contribution >= 4 is 11.6 Å². The molecule has 0 heterocycles. The van der Waals surface area contributed by atoms with E-state index in [1.807, 2.05) is 30.9 Å². The van der Waals surface area contributed by atoms with Crippen LogP contribution in [0.25, 0.3) is 0 Å². The van der Waals surface area contributed by atoms with E-state index in [1.54, 1.807) is 7.05 Å². The van der Waals surface area contributed by atoms with Crippen LogP contribution < -0.4 is 16.0 Å². The molecule has 4 heteroatoms. The Balaban J connectivity index is 2.88. The predicted octanol–water partition coefficient (Wildman–Crippen LogP) is 1.03. The van der Waals surface area contributed by atoms with E-state index >= 15 is 0 Å². The summed E-state index contributed by atoms with van der Waals surface area (Å²) in [4.78, 5) is 13.4. The minimum Gasteiger partial charge on any atom is -0.362 e. The molecule has 0 saturated carbocycles. The molecule has 0 fully saturated rings. The molecule has 0 radical (unpaired) electrons. The number of hydrogen-bond acceptors (Lipinski definition) is 3. The van der Waals surface area contributed by atoms with E-state index in [4.69, 9.17) is 5.73 Å². The lowest BCUT2D eigenvalue weighted by Crippen LogP contribution is -2.35. The minimum absolute atomic E-state index is 0.0207. The number of carbonyl (C=O) groups is 1. The Bertz CT molecular complexity index is 390. The highest BCUT2D eigenvalue weighted by Crippen LogP contribution is 2.18. The van der Waals surface area contributed by atoms with Crippen LogP contribution in [0.5, 0.6) is 0 Å². The lowest BCUT2D eigenvalue weighted by molar-refractivity contribution is -0.119. The van der Waals surface area contributed by atoms with Crippen molar-refractivity contribution in [1.29, 1.82) is 0 Å². The van der Waals surface area contributed by atoms with Gasteiger partial charge in [-0.2, -0.15) is 0 Å². The van der Waals surface area contributed by atoms with Crippen LogP contribution >= 0.6 is 0 Å². The summed E-state index contributed by atoms with van der Waals surface area (Å²) in [5.41, 5.74) is 9.01. The van der Waals surface area contributed by atoms with Gasteiger partial charge in [0.2, 0.25) is 5.91 Å². The van der Waals surface area contributed by atoms with Crippen molar-refractivity contribution in [2.24, 2.45) is 5.73 Å². The molecule has 94 valence electrons. The lowest BCUT2D eigenvalue weighted by atomic mass is 10.1. The Kier molecular flexibility index (Phi) is 4.97. The first-order chi connectivity index (χ1) is 8.12. The molecule has 0 bridgehead atoms. The number of rotatable bonds is 5. The molecule has 0 atom stereocenters. The van der Waals surface area contributed by atoms with Crippen molar-refractivity contribution in [2.75, 3.05) is 25.0 Å². The van der Waals surface area contributed by atoms with Crippen molar-refractivity contribution in [2.45, 2.75) is 20.4 Å². The standard InChI is InChI=1S/C13H21N3O/c1-4-16(9-13(17)15-3)12-6-5-11(8-14)10(2)7-12/h5-7H,4,8-9,14H2,1-3H3,(H,15,17). The molecule has 0 aliphatic heterocycles. The van der Waals surface area contributed by atoms with E-state index in [0.29, 0.717) is 13.1 Å². The van der Waals surface area contributed by atoms with Crippen molar-refractivity contribution in [1.82, 2.24) is 5.32 Å². The van der Waals surface area contributed by atoms with E-state index in [-0.39, 0.29) is 5.91 Å². The van der Waals surface area contributed by atoms with E-state index in [0.717, 1.165) is 17.8 Å². The summed E-state index contributed by atoms with van der Waals surface area (Å²) >= 11 is 0. The minimum atomic E-state index is 0.0207. The molecule has 1 rings (SSSR count). The molecule has 0 spiro atoms. The lowest BCUT2D eigenvalue weighted by Gasteiger charge is -2.23. The number of benzene rings is 1. The van der Waals surface area contributed by atoms with Crippen molar-refractivity contribution in [3.8, 4) is 0 Å². The van der Waals surface area contributed by atoms with Crippen LogP contribution in [0.15, 0.2) is 18.2 Å². The number of likely N-dealkylation sites (N-methyl/N-ethyl adjacent to an activating group) is 2. The monoisotopic (exact) mass is 235 g/mol. The third-order valence-electron chi connectivity index (χ3n) is 2.91. The second kappa shape index (κ2) is 6.25. The number of anilines is 1. The fraction of sp³-hybridized carbons (Fsp3) is 0.462. The Morgan fingerprint density at radius 3 is 2.65 bits per heavy atom. The number of amides is 1. The maximum atomic E-state index is 11.4. The third kappa shape index (κ3) is 3.46. The number of nitrogens with one attached hydrogen (secondary N) is 1. The van der Waals surface area contributed by atoms with Crippen LogP contribution in [0, 0.1) is 6.92 Å². The van der Waals surface area contributed by atoms with Gasteiger partial charge in [-0.25, -0.2) is 0 Å². The number of aryl methyl sites for hydroxylation is 1. The summed E-state index contributed by atoms with van der Waals surface area (Å²) in [6.07, 6.45) is 0. The molecule has 0 unspecified atom stereocenters. The molecular formula is C13H21N3O. The van der Waals surface area contributed by atoms with Gasteiger partial charge in [0.05, 0.1) is 6.54 Å². The third-order valence-corrected chi connectivity index (χ3v) is 2.91. The molecule has 0 aromatic heterocycles. The van der Waals surface area contributed by atoms with Gasteiger partial charge in [0.15, 0.2) is 0 Å². The number of nitrogens with two attached hydrogens (primary N) is 1. The van der Waals surface area contributed by atoms with Crippen LogP contribution in [-0.4, -0.2) is 26.0 Å². The van der Waals surface area contributed by atoms with Crippen LogP contribution in [0.1, 0.15) is 18.1 Å². The normalized spacial score (nSPS) is 10.1. The zero-order valence-corrected chi connectivity index (χ0v) is 10.8. The highest BCUT2D eigenvalue weighted by molar-refractivity contribution is 5.81. The van der Waals surface area contributed by atoms with Crippen LogP contribution in [0.4, 0.5) is 5.69 Å². The number of carbonyl (C=O) groups excluding carboxylic acids is 1. The smallest absolute Gasteiger partial charge is 0.239 e. The first kappa shape index (κ1) is 13.5. The molecule has 0 saturated heterocycles. The van der Waals surface area contributed by atoms with Crippen LogP contribution in [0.3, 0.4) is 0 Å². The first-order valence-electron chi connectivity index (χ1n) is 5.87. The Hall–Kier alpha value is -1.55. The van der Waals surface area contributed by atoms with E-state index in [2.05, 4.69) is 11.4 Å². The summed E-state index contributed by atoms with van der Waals surface area (Å²) in [6, 6.07) is 6.12. The summed E-state index contributed by atoms with van der Waals surface area (Å²) in [5.74, 6) is 0.0207.